The molecule has 2 aromatic heterocycles. The van der Waals surface area contributed by atoms with Crippen molar-refractivity contribution in [3.05, 3.63) is 77.9 Å². The Morgan fingerprint density at radius 2 is 1.94 bits per heavy atom. The molecule has 0 fully saturated rings. The molecule has 4 rings (SSSR count). The minimum absolute atomic E-state index is 0.0219. The molecule has 36 heavy (non-hydrogen) atoms. The number of ether oxygens (including phenoxy) is 2. The van der Waals surface area contributed by atoms with Crippen LogP contribution in [0.15, 0.2) is 57.6 Å². The van der Waals surface area contributed by atoms with Gasteiger partial charge in [-0.25, -0.2) is 13.8 Å². The number of anilines is 1. The largest absolute Gasteiger partial charge is 0.495 e. The number of halogens is 2. The van der Waals surface area contributed by atoms with Crippen LogP contribution >= 0.6 is 0 Å². The SMILES string of the molecule is COc1ccccc1NC(=O)Cc1noc(COC(=O)CCc2ncc(-c3ccc(F)cc3F)o2)n1. The summed E-state index contributed by atoms with van der Waals surface area (Å²) in [5.41, 5.74) is 0.560. The van der Waals surface area contributed by atoms with Crippen LogP contribution in [0, 0.1) is 11.6 Å². The molecule has 0 aliphatic rings. The predicted octanol–water partition coefficient (Wildman–Crippen LogP) is 3.87. The lowest BCUT2D eigenvalue weighted by Crippen LogP contribution is -2.15. The van der Waals surface area contributed by atoms with E-state index in [1.54, 1.807) is 24.3 Å². The van der Waals surface area contributed by atoms with Crippen molar-refractivity contribution in [2.45, 2.75) is 25.9 Å². The summed E-state index contributed by atoms with van der Waals surface area (Å²) < 4.78 is 47.7. The van der Waals surface area contributed by atoms with Crippen molar-refractivity contribution in [1.29, 1.82) is 0 Å². The minimum Gasteiger partial charge on any atom is -0.495 e. The number of aromatic nitrogens is 3. The van der Waals surface area contributed by atoms with Crippen LogP contribution in [-0.2, 0) is 33.8 Å². The fraction of sp³-hybridized carbons (Fsp3) is 0.208. The lowest BCUT2D eigenvalue weighted by molar-refractivity contribution is -0.145. The maximum absolute atomic E-state index is 13.9. The summed E-state index contributed by atoms with van der Waals surface area (Å²) in [5, 5.41) is 6.40. The summed E-state index contributed by atoms with van der Waals surface area (Å²) in [6.45, 7) is -0.280. The van der Waals surface area contributed by atoms with Crippen molar-refractivity contribution in [1.82, 2.24) is 15.1 Å². The summed E-state index contributed by atoms with van der Waals surface area (Å²) >= 11 is 0. The lowest BCUT2D eigenvalue weighted by atomic mass is 10.2. The van der Waals surface area contributed by atoms with Crippen LogP contribution in [0.25, 0.3) is 11.3 Å². The maximum Gasteiger partial charge on any atom is 0.306 e. The highest BCUT2D eigenvalue weighted by Gasteiger charge is 2.16. The van der Waals surface area contributed by atoms with E-state index in [0.717, 1.165) is 12.1 Å². The number of aryl methyl sites for hydroxylation is 1. The van der Waals surface area contributed by atoms with E-state index in [4.69, 9.17) is 18.4 Å². The molecular weight excluding hydrogens is 478 g/mol. The number of rotatable bonds is 10. The molecular formula is C24H20F2N4O6. The molecule has 0 aliphatic carbocycles. The molecule has 0 unspecified atom stereocenters. The molecule has 0 bridgehead atoms. The van der Waals surface area contributed by atoms with Gasteiger partial charge in [-0.15, -0.1) is 0 Å². The first-order valence-corrected chi connectivity index (χ1v) is 10.7. The van der Waals surface area contributed by atoms with Gasteiger partial charge >= 0.3 is 5.97 Å². The number of amides is 1. The standard InChI is InChI=1S/C24H20F2N4O6/c1-33-18-5-3-2-4-17(18)28-21(31)11-20-29-23(36-30-20)13-34-24(32)9-8-22-27-12-19(35-22)15-7-6-14(25)10-16(15)26/h2-7,10,12H,8-9,11,13H2,1H3,(H,28,31). The van der Waals surface area contributed by atoms with Gasteiger partial charge in [-0.3, -0.25) is 9.59 Å². The molecule has 0 spiro atoms. The van der Waals surface area contributed by atoms with Crippen LogP contribution in [-0.4, -0.2) is 34.1 Å². The lowest BCUT2D eigenvalue weighted by Gasteiger charge is -2.08. The molecule has 4 aromatic rings. The Hall–Kier alpha value is -4.61. The zero-order valence-electron chi connectivity index (χ0n) is 19.0. The molecule has 10 nitrogen and oxygen atoms in total. The minimum atomic E-state index is -0.784. The van der Waals surface area contributed by atoms with Crippen LogP contribution < -0.4 is 10.1 Å². The molecule has 0 radical (unpaired) electrons. The van der Waals surface area contributed by atoms with E-state index < -0.39 is 17.6 Å². The van der Waals surface area contributed by atoms with Crippen molar-refractivity contribution >= 4 is 17.6 Å². The molecule has 1 N–H and O–H groups in total. The molecule has 0 saturated carbocycles. The van der Waals surface area contributed by atoms with Gasteiger partial charge in [-0.2, -0.15) is 4.98 Å². The van der Waals surface area contributed by atoms with Crippen LogP contribution in [0.5, 0.6) is 5.75 Å². The Kier molecular flexibility index (Phi) is 7.63. The van der Waals surface area contributed by atoms with Gasteiger partial charge in [-0.1, -0.05) is 17.3 Å². The molecule has 1 amide bonds. The van der Waals surface area contributed by atoms with Gasteiger partial charge in [0.2, 0.25) is 5.91 Å². The Balaban J connectivity index is 1.22. The van der Waals surface area contributed by atoms with Crippen LogP contribution in [0.2, 0.25) is 0 Å². The molecule has 2 heterocycles. The van der Waals surface area contributed by atoms with E-state index in [1.807, 2.05) is 0 Å². The highest BCUT2D eigenvalue weighted by Crippen LogP contribution is 2.25. The molecule has 0 saturated heterocycles. The monoisotopic (exact) mass is 498 g/mol. The second kappa shape index (κ2) is 11.2. The van der Waals surface area contributed by atoms with E-state index in [2.05, 4.69) is 20.4 Å². The number of benzene rings is 2. The van der Waals surface area contributed by atoms with E-state index in [9.17, 15) is 18.4 Å². The second-order valence-electron chi connectivity index (χ2n) is 7.43. The first kappa shape index (κ1) is 24.5. The van der Waals surface area contributed by atoms with Gasteiger partial charge in [0.1, 0.15) is 17.4 Å². The smallest absolute Gasteiger partial charge is 0.306 e. The number of hydrogen-bond acceptors (Lipinski definition) is 9. The summed E-state index contributed by atoms with van der Waals surface area (Å²) in [5.74, 6) is -1.50. The van der Waals surface area contributed by atoms with E-state index in [1.165, 1.54) is 19.4 Å². The number of oxazole rings is 1. The highest BCUT2D eigenvalue weighted by molar-refractivity contribution is 5.93. The first-order valence-electron chi connectivity index (χ1n) is 10.7. The average Bonchev–Trinajstić information content (AvgIpc) is 3.51. The molecule has 0 atom stereocenters. The third-order valence-corrected chi connectivity index (χ3v) is 4.86. The van der Waals surface area contributed by atoms with Crippen LogP contribution in [0.3, 0.4) is 0 Å². The second-order valence-corrected chi connectivity index (χ2v) is 7.43. The molecule has 12 heteroatoms. The van der Waals surface area contributed by atoms with Crippen molar-refractivity contribution in [2.24, 2.45) is 0 Å². The number of methoxy groups -OCH3 is 1. The average molecular weight is 498 g/mol. The van der Waals surface area contributed by atoms with Gasteiger partial charge in [0.05, 0.1) is 37.4 Å². The summed E-state index contributed by atoms with van der Waals surface area (Å²) in [4.78, 5) is 32.3. The van der Waals surface area contributed by atoms with Gasteiger partial charge in [-0.05, 0) is 24.3 Å². The van der Waals surface area contributed by atoms with Crippen molar-refractivity contribution in [2.75, 3.05) is 12.4 Å². The fourth-order valence-electron chi connectivity index (χ4n) is 3.17. The summed E-state index contributed by atoms with van der Waals surface area (Å²) in [6, 6.07) is 10.0. The van der Waals surface area contributed by atoms with Gasteiger partial charge < -0.3 is 23.7 Å². The number of esters is 1. The molecule has 0 aliphatic heterocycles. The number of hydrogen-bond donors (Lipinski definition) is 1. The van der Waals surface area contributed by atoms with Gasteiger partial charge in [0.15, 0.2) is 24.1 Å². The Bertz CT molecular complexity index is 1370. The number of nitrogens with one attached hydrogen (secondary N) is 1. The predicted molar refractivity (Wildman–Crippen MR) is 120 cm³/mol. The van der Waals surface area contributed by atoms with Crippen molar-refractivity contribution < 1.29 is 36.8 Å². The molecule has 186 valence electrons. The topological polar surface area (TPSA) is 130 Å². The summed E-state index contributed by atoms with van der Waals surface area (Å²) in [6.07, 6.45) is 1.16. The summed E-state index contributed by atoms with van der Waals surface area (Å²) in [7, 11) is 1.50. The third-order valence-electron chi connectivity index (χ3n) is 4.86. The Morgan fingerprint density at radius 3 is 2.75 bits per heavy atom. The van der Waals surface area contributed by atoms with E-state index >= 15 is 0 Å². The van der Waals surface area contributed by atoms with E-state index in [0.29, 0.717) is 11.4 Å². The normalized spacial score (nSPS) is 10.8. The zero-order chi connectivity index (χ0) is 25.5. The fourth-order valence-corrected chi connectivity index (χ4v) is 3.17. The van der Waals surface area contributed by atoms with Gasteiger partial charge in [0.25, 0.3) is 5.89 Å². The van der Waals surface area contributed by atoms with Crippen molar-refractivity contribution in [3.63, 3.8) is 0 Å². The molecule has 2 aromatic carbocycles. The maximum atomic E-state index is 13.9. The third kappa shape index (κ3) is 6.29. The number of para-hydroxylation sites is 2. The van der Waals surface area contributed by atoms with Crippen LogP contribution in [0.1, 0.15) is 24.0 Å². The van der Waals surface area contributed by atoms with Crippen molar-refractivity contribution in [3.8, 4) is 17.1 Å². The van der Waals surface area contributed by atoms with Gasteiger partial charge in [0, 0.05) is 12.5 Å². The Morgan fingerprint density at radius 1 is 1.11 bits per heavy atom. The Labute approximate surface area is 203 Å². The number of nitrogens with zero attached hydrogens (tertiary/aromatic N) is 3. The van der Waals surface area contributed by atoms with Crippen LogP contribution in [0.4, 0.5) is 14.5 Å². The number of carbonyl (C=O) groups is 2. The first-order chi connectivity index (χ1) is 17.4. The highest BCUT2D eigenvalue weighted by atomic mass is 19.1. The quantitative estimate of drug-likeness (QED) is 0.324. The zero-order valence-corrected chi connectivity index (χ0v) is 19.0. The number of carbonyl (C=O) groups excluding carboxylic acids is 2. The van der Waals surface area contributed by atoms with E-state index in [-0.39, 0.29) is 60.7 Å².